The van der Waals surface area contributed by atoms with Gasteiger partial charge in [0, 0.05) is 11.4 Å². The van der Waals surface area contributed by atoms with E-state index in [2.05, 4.69) is 6.92 Å². The zero-order valence-electron chi connectivity index (χ0n) is 12.0. The van der Waals surface area contributed by atoms with Crippen molar-refractivity contribution in [2.45, 2.75) is 38.6 Å². The van der Waals surface area contributed by atoms with Crippen LogP contribution >= 0.6 is 0 Å². The summed E-state index contributed by atoms with van der Waals surface area (Å²) in [7, 11) is 0. The van der Waals surface area contributed by atoms with E-state index in [1.165, 1.54) is 25.7 Å². The van der Waals surface area contributed by atoms with Crippen molar-refractivity contribution in [2.75, 3.05) is 0 Å². The van der Waals surface area contributed by atoms with E-state index < -0.39 is 0 Å². The number of benzene rings is 2. The van der Waals surface area contributed by atoms with Crippen molar-refractivity contribution < 1.29 is 4.39 Å². The van der Waals surface area contributed by atoms with Gasteiger partial charge in [0.2, 0.25) is 0 Å². The van der Waals surface area contributed by atoms with Crippen LogP contribution in [0.3, 0.4) is 0 Å². The van der Waals surface area contributed by atoms with E-state index >= 15 is 0 Å². The van der Waals surface area contributed by atoms with Crippen LogP contribution < -0.4 is 5.73 Å². The highest BCUT2D eigenvalue weighted by molar-refractivity contribution is 5.86. The third-order valence-corrected chi connectivity index (χ3v) is 4.75. The van der Waals surface area contributed by atoms with Gasteiger partial charge in [-0.05, 0) is 41.7 Å². The number of hydrogen-bond acceptors (Lipinski definition) is 1. The SMILES string of the molecule is CC1CCCC(C(N)c2ccc(F)c3ccccc23)C1. The molecule has 0 amide bonds. The highest BCUT2D eigenvalue weighted by Gasteiger charge is 2.26. The molecule has 1 aliphatic rings. The first kappa shape index (κ1) is 13.6. The molecule has 1 nitrogen and oxygen atoms in total. The smallest absolute Gasteiger partial charge is 0.131 e. The van der Waals surface area contributed by atoms with Crippen LogP contribution in [-0.4, -0.2) is 0 Å². The molecule has 0 bridgehead atoms. The van der Waals surface area contributed by atoms with Crippen molar-refractivity contribution in [3.63, 3.8) is 0 Å². The summed E-state index contributed by atoms with van der Waals surface area (Å²) in [5, 5.41) is 1.66. The van der Waals surface area contributed by atoms with Crippen molar-refractivity contribution in [1.82, 2.24) is 0 Å². The Kier molecular flexibility index (Phi) is 3.75. The molecule has 3 unspecified atom stereocenters. The molecular weight excluding hydrogens is 249 g/mol. The Balaban J connectivity index is 1.99. The molecule has 106 valence electrons. The quantitative estimate of drug-likeness (QED) is 0.833. The largest absolute Gasteiger partial charge is 0.324 e. The Morgan fingerprint density at radius 3 is 2.60 bits per heavy atom. The lowest BCUT2D eigenvalue weighted by atomic mass is 9.76. The molecule has 0 radical (unpaired) electrons. The first-order valence-corrected chi connectivity index (χ1v) is 7.59. The summed E-state index contributed by atoms with van der Waals surface area (Å²) in [6.45, 7) is 2.31. The topological polar surface area (TPSA) is 26.0 Å². The molecule has 0 saturated heterocycles. The van der Waals surface area contributed by atoms with E-state index in [9.17, 15) is 4.39 Å². The third-order valence-electron chi connectivity index (χ3n) is 4.75. The average molecular weight is 271 g/mol. The zero-order valence-corrected chi connectivity index (χ0v) is 12.0. The van der Waals surface area contributed by atoms with Gasteiger partial charge in [-0.15, -0.1) is 0 Å². The summed E-state index contributed by atoms with van der Waals surface area (Å²) < 4.78 is 13.9. The second-order valence-corrected chi connectivity index (χ2v) is 6.24. The van der Waals surface area contributed by atoms with Crippen molar-refractivity contribution in [1.29, 1.82) is 0 Å². The minimum atomic E-state index is -0.159. The fourth-order valence-corrected chi connectivity index (χ4v) is 3.64. The third kappa shape index (κ3) is 2.45. The standard InChI is InChI=1S/C18H22FN/c1-12-5-4-6-13(11-12)18(20)16-9-10-17(19)15-8-3-2-7-14(15)16/h2-3,7-10,12-13,18H,4-6,11,20H2,1H3. The van der Waals surface area contributed by atoms with Crippen LogP contribution in [0.4, 0.5) is 4.39 Å². The molecule has 0 spiro atoms. The fourth-order valence-electron chi connectivity index (χ4n) is 3.64. The maximum absolute atomic E-state index is 13.9. The second kappa shape index (κ2) is 5.53. The number of hydrogen-bond donors (Lipinski definition) is 1. The summed E-state index contributed by atoms with van der Waals surface area (Å²) in [6.07, 6.45) is 4.95. The van der Waals surface area contributed by atoms with Gasteiger partial charge in [-0.3, -0.25) is 0 Å². The monoisotopic (exact) mass is 271 g/mol. The lowest BCUT2D eigenvalue weighted by Gasteiger charge is -2.32. The Bertz CT molecular complexity index is 607. The van der Waals surface area contributed by atoms with Crippen LogP contribution in [-0.2, 0) is 0 Å². The van der Waals surface area contributed by atoms with E-state index in [4.69, 9.17) is 5.73 Å². The minimum absolute atomic E-state index is 0.0169. The van der Waals surface area contributed by atoms with Gasteiger partial charge in [0.05, 0.1) is 0 Å². The lowest BCUT2D eigenvalue weighted by Crippen LogP contribution is -2.26. The molecule has 2 heteroatoms. The Labute approximate surface area is 120 Å². The Morgan fingerprint density at radius 2 is 1.85 bits per heavy atom. The average Bonchev–Trinajstić information content (AvgIpc) is 2.47. The molecule has 2 aromatic rings. The van der Waals surface area contributed by atoms with Crippen LogP contribution in [0.25, 0.3) is 10.8 Å². The molecule has 1 saturated carbocycles. The molecule has 20 heavy (non-hydrogen) atoms. The summed E-state index contributed by atoms with van der Waals surface area (Å²) in [4.78, 5) is 0. The number of fused-ring (bicyclic) bond motifs is 1. The predicted octanol–water partition coefficient (Wildman–Crippen LogP) is 4.81. The van der Waals surface area contributed by atoms with Crippen molar-refractivity contribution in [2.24, 2.45) is 17.6 Å². The van der Waals surface area contributed by atoms with Gasteiger partial charge in [0.15, 0.2) is 0 Å². The van der Waals surface area contributed by atoms with E-state index in [-0.39, 0.29) is 11.9 Å². The Hall–Kier alpha value is -1.41. The molecule has 0 aromatic heterocycles. The molecular formula is C18H22FN. The van der Waals surface area contributed by atoms with Gasteiger partial charge in [-0.2, -0.15) is 0 Å². The van der Waals surface area contributed by atoms with Crippen LogP contribution in [0.1, 0.15) is 44.2 Å². The summed E-state index contributed by atoms with van der Waals surface area (Å²) >= 11 is 0. The maximum atomic E-state index is 13.9. The Morgan fingerprint density at radius 1 is 1.10 bits per heavy atom. The van der Waals surface area contributed by atoms with Gasteiger partial charge in [-0.1, -0.05) is 50.1 Å². The summed E-state index contributed by atoms with van der Waals surface area (Å²) in [6, 6.07) is 11.1. The van der Waals surface area contributed by atoms with Gasteiger partial charge >= 0.3 is 0 Å². The first-order chi connectivity index (χ1) is 9.66. The summed E-state index contributed by atoms with van der Waals surface area (Å²) in [5.41, 5.74) is 7.62. The zero-order chi connectivity index (χ0) is 14.1. The van der Waals surface area contributed by atoms with Crippen LogP contribution in [0, 0.1) is 17.7 Å². The highest BCUT2D eigenvalue weighted by atomic mass is 19.1. The number of halogens is 1. The fraction of sp³-hybridized carbons (Fsp3) is 0.444. The minimum Gasteiger partial charge on any atom is -0.324 e. The maximum Gasteiger partial charge on any atom is 0.131 e. The van der Waals surface area contributed by atoms with Gasteiger partial charge in [0.1, 0.15) is 5.82 Å². The van der Waals surface area contributed by atoms with Crippen LogP contribution in [0.15, 0.2) is 36.4 Å². The van der Waals surface area contributed by atoms with Crippen LogP contribution in [0.5, 0.6) is 0 Å². The number of nitrogens with two attached hydrogens (primary N) is 1. The second-order valence-electron chi connectivity index (χ2n) is 6.24. The highest BCUT2D eigenvalue weighted by Crippen LogP contribution is 2.38. The molecule has 1 fully saturated rings. The van der Waals surface area contributed by atoms with Crippen molar-refractivity contribution in [3.8, 4) is 0 Å². The van der Waals surface area contributed by atoms with E-state index in [0.717, 1.165) is 16.9 Å². The molecule has 3 rings (SSSR count). The number of rotatable bonds is 2. The van der Waals surface area contributed by atoms with Gasteiger partial charge < -0.3 is 5.73 Å². The van der Waals surface area contributed by atoms with Gasteiger partial charge in [0.25, 0.3) is 0 Å². The first-order valence-electron chi connectivity index (χ1n) is 7.59. The molecule has 2 aromatic carbocycles. The molecule has 0 aliphatic heterocycles. The van der Waals surface area contributed by atoms with Crippen LogP contribution in [0.2, 0.25) is 0 Å². The normalized spacial score (nSPS) is 24.8. The lowest BCUT2D eigenvalue weighted by molar-refractivity contribution is 0.248. The van der Waals surface area contributed by atoms with E-state index in [0.29, 0.717) is 11.3 Å². The van der Waals surface area contributed by atoms with E-state index in [1.54, 1.807) is 6.07 Å². The predicted molar refractivity (Wildman–Crippen MR) is 82.0 cm³/mol. The van der Waals surface area contributed by atoms with Gasteiger partial charge in [-0.25, -0.2) is 4.39 Å². The molecule has 3 atom stereocenters. The molecule has 0 heterocycles. The molecule has 2 N–H and O–H groups in total. The molecule has 1 aliphatic carbocycles. The summed E-state index contributed by atoms with van der Waals surface area (Å²) in [5.74, 6) is 1.12. The van der Waals surface area contributed by atoms with Crippen molar-refractivity contribution in [3.05, 3.63) is 47.8 Å². The van der Waals surface area contributed by atoms with E-state index in [1.807, 2.05) is 30.3 Å². The van der Waals surface area contributed by atoms with Crippen molar-refractivity contribution >= 4 is 10.8 Å².